The lowest BCUT2D eigenvalue weighted by Crippen LogP contribution is -2.12. The molecule has 2 aromatic carbocycles. The van der Waals surface area contributed by atoms with E-state index in [0.717, 1.165) is 0 Å². The summed E-state index contributed by atoms with van der Waals surface area (Å²) in [4.78, 5) is 24.3. The van der Waals surface area contributed by atoms with Gasteiger partial charge in [0.1, 0.15) is 17.2 Å². The van der Waals surface area contributed by atoms with Gasteiger partial charge in [0.05, 0.1) is 24.4 Å². The Morgan fingerprint density at radius 1 is 1.17 bits per heavy atom. The molecule has 0 aliphatic carbocycles. The van der Waals surface area contributed by atoms with E-state index >= 15 is 0 Å². The fourth-order valence-electron chi connectivity index (χ4n) is 2.24. The molecule has 158 valence electrons. The summed E-state index contributed by atoms with van der Waals surface area (Å²) in [5.41, 5.74) is 0.498. The number of azo groups is 1. The molecule has 0 atom stereocenters. The molecule has 0 unspecified atom stereocenters. The van der Waals surface area contributed by atoms with Crippen LogP contribution in [0.1, 0.15) is 24.2 Å². The minimum absolute atomic E-state index is 0.113. The number of benzene rings is 2. The van der Waals surface area contributed by atoms with Gasteiger partial charge in [-0.2, -0.15) is 0 Å². The Bertz CT molecular complexity index is 1000. The van der Waals surface area contributed by atoms with Gasteiger partial charge in [0, 0.05) is 16.7 Å². The van der Waals surface area contributed by atoms with E-state index in [-0.39, 0.29) is 40.2 Å². The first kappa shape index (κ1) is 23.2. The molecule has 1 amide bonds. The first-order chi connectivity index (χ1) is 14.3. The standard InChI is InChI=1S/C20H19Cl2N3O5/c1-4-30-20(28)18(11(2)26)25-24-16-9-14(22)15(10-17(16)29-3)23-19(27)12-5-7-13(21)8-6-12/h5-10,26H,4H2,1-3H3,(H,23,27). The van der Waals surface area contributed by atoms with Crippen molar-refractivity contribution in [1.29, 1.82) is 0 Å². The van der Waals surface area contributed by atoms with Gasteiger partial charge in [0.2, 0.25) is 5.70 Å². The zero-order valence-electron chi connectivity index (χ0n) is 16.4. The average Bonchev–Trinajstić information content (AvgIpc) is 2.70. The molecule has 0 saturated carbocycles. The Labute approximate surface area is 183 Å². The smallest absolute Gasteiger partial charge is 0.362 e. The molecule has 10 heteroatoms. The van der Waals surface area contributed by atoms with E-state index in [2.05, 4.69) is 15.5 Å². The summed E-state index contributed by atoms with van der Waals surface area (Å²) in [6.45, 7) is 3.02. The summed E-state index contributed by atoms with van der Waals surface area (Å²) in [7, 11) is 1.40. The number of ether oxygens (including phenoxy) is 2. The third-order valence-corrected chi connectivity index (χ3v) is 4.26. The zero-order chi connectivity index (χ0) is 22.3. The largest absolute Gasteiger partial charge is 0.510 e. The number of carbonyl (C=O) groups excluding carboxylic acids is 2. The number of esters is 1. The molecule has 0 spiro atoms. The van der Waals surface area contributed by atoms with Crippen LogP contribution in [0.2, 0.25) is 10.0 Å². The minimum atomic E-state index is -0.821. The lowest BCUT2D eigenvalue weighted by molar-refractivity contribution is -0.138. The number of nitrogens with zero attached hydrogens (tertiary/aromatic N) is 2. The predicted octanol–water partition coefficient (Wildman–Crippen LogP) is 5.69. The monoisotopic (exact) mass is 451 g/mol. The highest BCUT2D eigenvalue weighted by Crippen LogP contribution is 2.37. The third kappa shape index (κ3) is 5.95. The molecule has 8 nitrogen and oxygen atoms in total. The van der Waals surface area contributed by atoms with Crippen molar-refractivity contribution < 1.29 is 24.2 Å². The van der Waals surface area contributed by atoms with Crippen LogP contribution in [0.15, 0.2) is 58.1 Å². The summed E-state index contributed by atoms with van der Waals surface area (Å²) < 4.78 is 10.1. The van der Waals surface area contributed by atoms with Crippen molar-refractivity contribution in [3.8, 4) is 5.75 Å². The van der Waals surface area contributed by atoms with E-state index in [1.165, 1.54) is 26.2 Å². The number of rotatable bonds is 7. The third-order valence-electron chi connectivity index (χ3n) is 3.69. The highest BCUT2D eigenvalue weighted by Gasteiger charge is 2.16. The highest BCUT2D eigenvalue weighted by molar-refractivity contribution is 6.34. The van der Waals surface area contributed by atoms with Gasteiger partial charge < -0.3 is 19.9 Å². The maximum Gasteiger partial charge on any atom is 0.362 e. The summed E-state index contributed by atoms with van der Waals surface area (Å²) in [6, 6.07) is 9.21. The van der Waals surface area contributed by atoms with Gasteiger partial charge in [-0.1, -0.05) is 23.2 Å². The van der Waals surface area contributed by atoms with E-state index in [1.807, 2.05) is 0 Å². The molecule has 0 radical (unpaired) electrons. The number of hydrogen-bond acceptors (Lipinski definition) is 7. The first-order valence-corrected chi connectivity index (χ1v) is 9.45. The number of allylic oxidation sites excluding steroid dienone is 1. The Morgan fingerprint density at radius 2 is 1.83 bits per heavy atom. The van der Waals surface area contributed by atoms with Crippen molar-refractivity contribution >= 4 is 46.5 Å². The van der Waals surface area contributed by atoms with E-state index in [1.54, 1.807) is 31.2 Å². The first-order valence-electron chi connectivity index (χ1n) is 8.70. The normalized spacial score (nSPS) is 11.8. The second-order valence-electron chi connectivity index (χ2n) is 5.82. The van der Waals surface area contributed by atoms with Gasteiger partial charge in [0.25, 0.3) is 5.91 Å². The molecular formula is C20H19Cl2N3O5. The minimum Gasteiger partial charge on any atom is -0.510 e. The number of nitrogens with one attached hydrogen (secondary N) is 1. The molecule has 2 rings (SSSR count). The van der Waals surface area contributed by atoms with Crippen LogP contribution in [0.5, 0.6) is 5.75 Å². The Balaban J connectivity index is 2.31. The lowest BCUT2D eigenvalue weighted by atomic mass is 10.2. The van der Waals surface area contributed by atoms with Crippen molar-refractivity contribution in [2.75, 3.05) is 19.0 Å². The van der Waals surface area contributed by atoms with E-state index in [4.69, 9.17) is 32.7 Å². The van der Waals surface area contributed by atoms with E-state index < -0.39 is 11.9 Å². The molecule has 2 aromatic rings. The molecule has 0 fully saturated rings. The Kier molecular flexibility index (Phi) is 8.20. The van der Waals surface area contributed by atoms with Crippen LogP contribution in [0.4, 0.5) is 11.4 Å². The van der Waals surface area contributed by atoms with Crippen LogP contribution in [0, 0.1) is 0 Å². The fraction of sp³-hybridized carbons (Fsp3) is 0.200. The van der Waals surface area contributed by atoms with Crippen LogP contribution >= 0.6 is 23.2 Å². The van der Waals surface area contributed by atoms with Gasteiger partial charge in [-0.3, -0.25) is 4.79 Å². The molecule has 0 bridgehead atoms. The molecule has 0 aliphatic rings. The Morgan fingerprint density at radius 3 is 2.40 bits per heavy atom. The number of carbonyl (C=O) groups is 2. The van der Waals surface area contributed by atoms with Gasteiger partial charge in [0.15, 0.2) is 0 Å². The highest BCUT2D eigenvalue weighted by atomic mass is 35.5. The van der Waals surface area contributed by atoms with Crippen LogP contribution in [-0.4, -0.2) is 30.7 Å². The number of hydrogen-bond donors (Lipinski definition) is 2. The molecule has 2 N–H and O–H groups in total. The van der Waals surface area contributed by atoms with Crippen molar-refractivity contribution in [2.24, 2.45) is 10.2 Å². The molecular weight excluding hydrogens is 433 g/mol. The van der Waals surface area contributed by atoms with E-state index in [0.29, 0.717) is 10.6 Å². The molecule has 30 heavy (non-hydrogen) atoms. The number of halogens is 2. The quantitative estimate of drug-likeness (QED) is 0.243. The van der Waals surface area contributed by atoms with Gasteiger partial charge in [-0.05, 0) is 44.2 Å². The number of aliphatic hydroxyl groups is 1. The van der Waals surface area contributed by atoms with Gasteiger partial charge >= 0.3 is 5.97 Å². The maximum absolute atomic E-state index is 12.4. The van der Waals surface area contributed by atoms with Crippen molar-refractivity contribution in [2.45, 2.75) is 13.8 Å². The summed E-state index contributed by atoms with van der Waals surface area (Å²) in [5.74, 6) is -1.34. The number of amides is 1. The van der Waals surface area contributed by atoms with Crippen molar-refractivity contribution in [1.82, 2.24) is 0 Å². The maximum atomic E-state index is 12.4. The number of anilines is 1. The predicted molar refractivity (Wildman–Crippen MR) is 114 cm³/mol. The van der Waals surface area contributed by atoms with Crippen LogP contribution < -0.4 is 10.1 Å². The molecule has 0 aromatic heterocycles. The zero-order valence-corrected chi connectivity index (χ0v) is 17.9. The van der Waals surface area contributed by atoms with Crippen LogP contribution in [-0.2, 0) is 9.53 Å². The molecule has 0 saturated heterocycles. The summed E-state index contributed by atoms with van der Waals surface area (Å²) >= 11 is 12.1. The molecule has 0 aliphatic heterocycles. The van der Waals surface area contributed by atoms with Crippen LogP contribution in [0.3, 0.4) is 0 Å². The number of methoxy groups -OCH3 is 1. The lowest BCUT2D eigenvalue weighted by Gasteiger charge is -2.11. The van der Waals surface area contributed by atoms with Gasteiger partial charge in [-0.15, -0.1) is 10.2 Å². The second kappa shape index (κ2) is 10.6. The summed E-state index contributed by atoms with van der Waals surface area (Å²) in [5, 5.41) is 20.7. The molecule has 0 heterocycles. The average molecular weight is 452 g/mol. The SMILES string of the molecule is CCOC(=O)C(N=Nc1cc(Cl)c(NC(=O)c2ccc(Cl)cc2)cc1OC)=C(C)O. The van der Waals surface area contributed by atoms with Crippen molar-refractivity contribution in [3.05, 3.63) is 63.5 Å². The topological polar surface area (TPSA) is 110 Å². The second-order valence-corrected chi connectivity index (χ2v) is 6.66. The van der Waals surface area contributed by atoms with E-state index in [9.17, 15) is 14.7 Å². The fourth-order valence-corrected chi connectivity index (χ4v) is 2.57. The van der Waals surface area contributed by atoms with Gasteiger partial charge in [-0.25, -0.2) is 4.79 Å². The Hall–Kier alpha value is -3.10. The number of aliphatic hydroxyl groups excluding tert-OH is 1. The van der Waals surface area contributed by atoms with Crippen molar-refractivity contribution in [3.63, 3.8) is 0 Å². The summed E-state index contributed by atoms with van der Waals surface area (Å²) in [6.07, 6.45) is 0. The van der Waals surface area contributed by atoms with Crippen LogP contribution in [0.25, 0.3) is 0 Å².